The van der Waals surface area contributed by atoms with Crippen LogP contribution in [0.4, 0.5) is 14.5 Å². The molecule has 0 radical (unpaired) electrons. The standard InChI is InChI=1S/C11H15F2N3/c12-9-2-1-8(11(14)10(9)13)7-16-5-3-15-4-6-16/h1-2,15H,3-7,14H2. The smallest absolute Gasteiger partial charge is 0.181 e. The fourth-order valence-electron chi connectivity index (χ4n) is 1.85. The van der Waals surface area contributed by atoms with E-state index >= 15 is 0 Å². The summed E-state index contributed by atoms with van der Waals surface area (Å²) >= 11 is 0. The van der Waals surface area contributed by atoms with Crippen molar-refractivity contribution in [3.63, 3.8) is 0 Å². The number of nitrogens with one attached hydrogen (secondary N) is 1. The van der Waals surface area contributed by atoms with Gasteiger partial charge < -0.3 is 11.1 Å². The third-order valence-corrected chi connectivity index (χ3v) is 2.83. The molecule has 1 heterocycles. The fourth-order valence-corrected chi connectivity index (χ4v) is 1.85. The summed E-state index contributed by atoms with van der Waals surface area (Å²) in [5.41, 5.74) is 6.13. The van der Waals surface area contributed by atoms with Gasteiger partial charge in [0.1, 0.15) is 0 Å². The van der Waals surface area contributed by atoms with E-state index in [1.807, 2.05) is 0 Å². The van der Waals surface area contributed by atoms with E-state index in [4.69, 9.17) is 5.73 Å². The fraction of sp³-hybridized carbons (Fsp3) is 0.455. The van der Waals surface area contributed by atoms with Crippen LogP contribution in [0.15, 0.2) is 12.1 Å². The van der Waals surface area contributed by atoms with Crippen LogP contribution < -0.4 is 11.1 Å². The molecule has 1 aromatic rings. The maximum absolute atomic E-state index is 13.2. The number of benzene rings is 1. The lowest BCUT2D eigenvalue weighted by Crippen LogP contribution is -2.43. The molecule has 0 saturated carbocycles. The summed E-state index contributed by atoms with van der Waals surface area (Å²) in [5.74, 6) is -1.82. The normalized spacial score (nSPS) is 17.6. The van der Waals surface area contributed by atoms with E-state index in [1.165, 1.54) is 0 Å². The van der Waals surface area contributed by atoms with Crippen LogP contribution in [0.25, 0.3) is 0 Å². The summed E-state index contributed by atoms with van der Waals surface area (Å²) in [7, 11) is 0. The molecular formula is C11H15F2N3. The second-order valence-corrected chi connectivity index (χ2v) is 3.96. The van der Waals surface area contributed by atoms with Crippen LogP contribution in [-0.4, -0.2) is 31.1 Å². The summed E-state index contributed by atoms with van der Waals surface area (Å²) in [5, 5.41) is 3.23. The number of halogens is 2. The highest BCUT2D eigenvalue weighted by atomic mass is 19.2. The van der Waals surface area contributed by atoms with Gasteiger partial charge in [0.15, 0.2) is 11.6 Å². The van der Waals surface area contributed by atoms with Crippen molar-refractivity contribution in [3.05, 3.63) is 29.3 Å². The van der Waals surface area contributed by atoms with Crippen molar-refractivity contribution >= 4 is 5.69 Å². The van der Waals surface area contributed by atoms with Gasteiger partial charge in [-0.05, 0) is 11.6 Å². The van der Waals surface area contributed by atoms with Crippen molar-refractivity contribution in [2.45, 2.75) is 6.54 Å². The Hall–Kier alpha value is -1.20. The van der Waals surface area contributed by atoms with Gasteiger partial charge in [0, 0.05) is 32.7 Å². The van der Waals surface area contributed by atoms with Crippen LogP contribution in [0.5, 0.6) is 0 Å². The van der Waals surface area contributed by atoms with Gasteiger partial charge in [-0.2, -0.15) is 0 Å². The Morgan fingerprint density at radius 2 is 1.94 bits per heavy atom. The maximum Gasteiger partial charge on any atom is 0.181 e. The quantitative estimate of drug-likeness (QED) is 0.739. The van der Waals surface area contributed by atoms with Gasteiger partial charge >= 0.3 is 0 Å². The molecule has 16 heavy (non-hydrogen) atoms. The summed E-state index contributed by atoms with van der Waals surface area (Å²) in [6.45, 7) is 4.22. The zero-order valence-electron chi connectivity index (χ0n) is 8.97. The Morgan fingerprint density at radius 1 is 1.25 bits per heavy atom. The topological polar surface area (TPSA) is 41.3 Å². The van der Waals surface area contributed by atoms with Gasteiger partial charge in [0.05, 0.1) is 5.69 Å². The van der Waals surface area contributed by atoms with E-state index in [0.29, 0.717) is 12.1 Å². The predicted octanol–water partition coefficient (Wildman–Crippen LogP) is 0.952. The van der Waals surface area contributed by atoms with Crippen LogP contribution in [0.2, 0.25) is 0 Å². The first-order valence-electron chi connectivity index (χ1n) is 5.34. The van der Waals surface area contributed by atoms with Gasteiger partial charge in [-0.25, -0.2) is 8.78 Å². The van der Waals surface area contributed by atoms with Crippen molar-refractivity contribution in [2.24, 2.45) is 0 Å². The largest absolute Gasteiger partial charge is 0.396 e. The molecule has 88 valence electrons. The monoisotopic (exact) mass is 227 g/mol. The van der Waals surface area contributed by atoms with Crippen molar-refractivity contribution in [3.8, 4) is 0 Å². The van der Waals surface area contributed by atoms with Crippen LogP contribution >= 0.6 is 0 Å². The second-order valence-electron chi connectivity index (χ2n) is 3.96. The molecule has 1 fully saturated rings. The summed E-state index contributed by atoms with van der Waals surface area (Å²) < 4.78 is 26.1. The molecule has 3 nitrogen and oxygen atoms in total. The number of anilines is 1. The Balaban J connectivity index is 2.11. The number of piperazine rings is 1. The molecule has 1 saturated heterocycles. The lowest BCUT2D eigenvalue weighted by Gasteiger charge is -2.27. The van der Waals surface area contributed by atoms with Crippen LogP contribution in [0.1, 0.15) is 5.56 Å². The molecule has 1 aromatic carbocycles. The molecule has 0 atom stereocenters. The van der Waals surface area contributed by atoms with Crippen LogP contribution in [-0.2, 0) is 6.54 Å². The van der Waals surface area contributed by atoms with Gasteiger partial charge in [0.2, 0.25) is 0 Å². The minimum Gasteiger partial charge on any atom is -0.396 e. The minimum absolute atomic E-state index is 0.0708. The summed E-state index contributed by atoms with van der Waals surface area (Å²) in [6, 6.07) is 2.68. The van der Waals surface area contributed by atoms with E-state index in [1.54, 1.807) is 6.07 Å². The maximum atomic E-state index is 13.2. The molecule has 1 aliphatic heterocycles. The molecule has 0 aliphatic carbocycles. The second kappa shape index (κ2) is 4.76. The molecule has 0 amide bonds. The van der Waals surface area contributed by atoms with E-state index in [0.717, 1.165) is 32.2 Å². The Bertz CT molecular complexity index is 376. The SMILES string of the molecule is Nc1c(CN2CCNCC2)ccc(F)c1F. The zero-order valence-corrected chi connectivity index (χ0v) is 8.97. The van der Waals surface area contributed by atoms with Crippen LogP contribution in [0, 0.1) is 11.6 Å². The molecule has 3 N–H and O–H groups in total. The molecule has 0 aromatic heterocycles. The Kier molecular flexibility index (Phi) is 3.36. The average molecular weight is 227 g/mol. The molecule has 2 rings (SSSR count). The molecule has 5 heteroatoms. The van der Waals surface area contributed by atoms with Gasteiger partial charge in [-0.15, -0.1) is 0 Å². The number of nitrogens with zero attached hydrogens (tertiary/aromatic N) is 1. The third kappa shape index (κ3) is 2.31. The van der Waals surface area contributed by atoms with Gasteiger partial charge in [-0.1, -0.05) is 6.07 Å². The van der Waals surface area contributed by atoms with E-state index in [9.17, 15) is 8.78 Å². The Labute approximate surface area is 93.2 Å². The average Bonchev–Trinajstić information content (AvgIpc) is 2.31. The zero-order chi connectivity index (χ0) is 11.5. The lowest BCUT2D eigenvalue weighted by atomic mass is 10.1. The number of nitrogens with two attached hydrogens (primary N) is 1. The minimum atomic E-state index is -0.937. The summed E-state index contributed by atoms with van der Waals surface area (Å²) in [4.78, 5) is 2.17. The highest BCUT2D eigenvalue weighted by molar-refractivity contribution is 5.48. The highest BCUT2D eigenvalue weighted by Gasteiger charge is 2.15. The predicted molar refractivity (Wildman–Crippen MR) is 58.9 cm³/mol. The molecule has 0 unspecified atom stereocenters. The number of hydrogen-bond acceptors (Lipinski definition) is 3. The number of rotatable bonds is 2. The third-order valence-electron chi connectivity index (χ3n) is 2.83. The first kappa shape index (κ1) is 11.3. The van der Waals surface area contributed by atoms with Crippen molar-refractivity contribution in [1.82, 2.24) is 10.2 Å². The van der Waals surface area contributed by atoms with E-state index in [2.05, 4.69) is 10.2 Å². The molecule has 0 bridgehead atoms. The molecule has 0 spiro atoms. The first-order valence-corrected chi connectivity index (χ1v) is 5.34. The highest BCUT2D eigenvalue weighted by Crippen LogP contribution is 2.20. The molecular weight excluding hydrogens is 212 g/mol. The molecule has 1 aliphatic rings. The van der Waals surface area contributed by atoms with E-state index < -0.39 is 11.6 Å². The van der Waals surface area contributed by atoms with Crippen molar-refractivity contribution in [1.29, 1.82) is 0 Å². The van der Waals surface area contributed by atoms with Gasteiger partial charge in [0.25, 0.3) is 0 Å². The number of hydrogen-bond donors (Lipinski definition) is 2. The first-order chi connectivity index (χ1) is 7.68. The van der Waals surface area contributed by atoms with Crippen molar-refractivity contribution in [2.75, 3.05) is 31.9 Å². The Morgan fingerprint density at radius 3 is 2.62 bits per heavy atom. The summed E-state index contributed by atoms with van der Waals surface area (Å²) in [6.07, 6.45) is 0. The van der Waals surface area contributed by atoms with Crippen molar-refractivity contribution < 1.29 is 8.78 Å². The van der Waals surface area contributed by atoms with Crippen LogP contribution in [0.3, 0.4) is 0 Å². The number of nitrogen functional groups attached to an aromatic ring is 1. The van der Waals surface area contributed by atoms with Gasteiger partial charge in [-0.3, -0.25) is 4.90 Å². The lowest BCUT2D eigenvalue weighted by molar-refractivity contribution is 0.233. The van der Waals surface area contributed by atoms with E-state index in [-0.39, 0.29) is 5.69 Å².